The predicted molar refractivity (Wildman–Crippen MR) is 175 cm³/mol. The van der Waals surface area contributed by atoms with E-state index in [2.05, 4.69) is 0 Å². The summed E-state index contributed by atoms with van der Waals surface area (Å²) in [6, 6.07) is -0.550. The standard InChI is InChI=1S/C35H63NO12/c1-12-25-35(10,43)30(40)22(7)36(11)16-17(2)15-34(9,42)31(48-33-28(39)24(37)14-19(4)44-33)20(5)29(21(6)32(41)46-25)47-26-13-18(3)27(38)23(8)45-26/h17-23,25-31,33,38-40,42-43H,12-16H2,1-11H3/t17-,18-,19?,20+,21-,22-,23?,25-,26+,27-,28?,29+,30-,31-,33+,34-,35-/m1/s1. The molecule has 3 aliphatic rings. The molecule has 48 heavy (non-hydrogen) atoms. The van der Waals surface area contributed by atoms with Gasteiger partial charge in [-0.25, -0.2) is 0 Å². The first-order valence-electron chi connectivity index (χ1n) is 17.7. The topological polar surface area (TPSA) is 185 Å². The Kier molecular flexibility index (Phi) is 14.1. The van der Waals surface area contributed by atoms with Crippen molar-refractivity contribution in [2.75, 3.05) is 13.6 Å². The van der Waals surface area contributed by atoms with Gasteiger partial charge in [-0.15, -0.1) is 0 Å². The number of carbonyl (C=O) groups excluding carboxylic acids is 2. The third-order valence-corrected chi connectivity index (χ3v) is 10.9. The van der Waals surface area contributed by atoms with E-state index in [4.69, 9.17) is 23.7 Å². The number of hydrogen-bond donors (Lipinski definition) is 5. The largest absolute Gasteiger partial charge is 0.459 e. The zero-order valence-corrected chi connectivity index (χ0v) is 30.7. The van der Waals surface area contributed by atoms with Crippen LogP contribution in [0.25, 0.3) is 0 Å². The second-order valence-corrected chi connectivity index (χ2v) is 15.6. The molecule has 0 saturated carbocycles. The van der Waals surface area contributed by atoms with Gasteiger partial charge in [0.15, 0.2) is 24.5 Å². The van der Waals surface area contributed by atoms with Crippen molar-refractivity contribution in [3.63, 3.8) is 0 Å². The molecule has 3 fully saturated rings. The Morgan fingerprint density at radius 1 is 0.958 bits per heavy atom. The number of Topliss-reactive ketones (excluding diaryl/α,β-unsaturated/α-hetero) is 1. The molecule has 0 aromatic carbocycles. The van der Waals surface area contributed by atoms with Gasteiger partial charge in [0, 0.05) is 31.3 Å². The van der Waals surface area contributed by atoms with Crippen molar-refractivity contribution in [3.05, 3.63) is 0 Å². The van der Waals surface area contributed by atoms with Crippen LogP contribution >= 0.6 is 0 Å². The minimum absolute atomic E-state index is 0.0171. The number of likely N-dealkylation sites (N-methyl/N-ethyl adjacent to an activating group) is 1. The van der Waals surface area contributed by atoms with Gasteiger partial charge in [-0.1, -0.05) is 27.7 Å². The van der Waals surface area contributed by atoms with Crippen LogP contribution < -0.4 is 0 Å². The van der Waals surface area contributed by atoms with Crippen molar-refractivity contribution in [1.82, 2.24) is 4.90 Å². The fourth-order valence-electron chi connectivity index (χ4n) is 7.87. The summed E-state index contributed by atoms with van der Waals surface area (Å²) in [4.78, 5) is 28.5. The smallest absolute Gasteiger partial charge is 0.311 e. The lowest BCUT2D eigenvalue weighted by Gasteiger charge is -2.46. The van der Waals surface area contributed by atoms with Gasteiger partial charge in [-0.2, -0.15) is 0 Å². The maximum absolute atomic E-state index is 14.0. The lowest BCUT2D eigenvalue weighted by molar-refractivity contribution is -0.297. The van der Waals surface area contributed by atoms with Crippen LogP contribution in [0.2, 0.25) is 0 Å². The van der Waals surface area contributed by atoms with E-state index in [1.165, 1.54) is 6.92 Å². The first-order chi connectivity index (χ1) is 22.1. The number of nitrogens with zero attached hydrogens (tertiary/aromatic N) is 1. The van der Waals surface area contributed by atoms with Gasteiger partial charge in [-0.05, 0) is 73.3 Å². The Morgan fingerprint density at radius 2 is 1.58 bits per heavy atom. The van der Waals surface area contributed by atoms with Gasteiger partial charge in [0.25, 0.3) is 0 Å². The van der Waals surface area contributed by atoms with Crippen LogP contribution in [-0.2, 0) is 33.3 Å². The average molecular weight is 690 g/mol. The first kappa shape index (κ1) is 41.2. The molecule has 13 heteroatoms. The van der Waals surface area contributed by atoms with E-state index < -0.39 is 102 Å². The summed E-state index contributed by atoms with van der Waals surface area (Å²) in [5.41, 5.74) is -3.41. The summed E-state index contributed by atoms with van der Waals surface area (Å²) >= 11 is 0. The monoisotopic (exact) mass is 689 g/mol. The van der Waals surface area contributed by atoms with Crippen LogP contribution in [-0.4, -0.2) is 134 Å². The molecule has 3 aliphatic heterocycles. The van der Waals surface area contributed by atoms with Crippen LogP contribution in [0.15, 0.2) is 0 Å². The SMILES string of the molecule is CC[C@H]1OC(=O)[C@H](C)[C@@H](O[C@H]2C[C@@H](C)[C@@H](O)C(C)O2)[C@H](C)[C@@H](O[C@@H]2OC(C)CC(=O)C2O)[C@](C)(O)C[C@@H](C)CN(C)[C@H](C)[C@@H](O)[C@]1(C)O. The van der Waals surface area contributed by atoms with Gasteiger partial charge in [0.2, 0.25) is 0 Å². The average Bonchev–Trinajstić information content (AvgIpc) is 2.99. The highest BCUT2D eigenvalue weighted by Crippen LogP contribution is 2.38. The molecule has 3 saturated heterocycles. The molecule has 13 nitrogen and oxygen atoms in total. The Hall–Kier alpha value is -1.26. The van der Waals surface area contributed by atoms with E-state index in [0.29, 0.717) is 13.0 Å². The Morgan fingerprint density at radius 3 is 2.17 bits per heavy atom. The van der Waals surface area contributed by atoms with Gasteiger partial charge in [-0.3, -0.25) is 9.59 Å². The van der Waals surface area contributed by atoms with Crippen LogP contribution in [0, 0.1) is 23.7 Å². The van der Waals surface area contributed by atoms with E-state index >= 15 is 0 Å². The Balaban J connectivity index is 2.13. The number of cyclic esters (lactones) is 1. The van der Waals surface area contributed by atoms with Crippen molar-refractivity contribution >= 4 is 11.8 Å². The maximum Gasteiger partial charge on any atom is 0.311 e. The van der Waals surface area contributed by atoms with Crippen molar-refractivity contribution in [3.8, 4) is 0 Å². The van der Waals surface area contributed by atoms with Gasteiger partial charge in [0.05, 0.1) is 42.0 Å². The summed E-state index contributed by atoms with van der Waals surface area (Å²) in [6.07, 6.45) is -9.32. The highest BCUT2D eigenvalue weighted by Gasteiger charge is 2.51. The van der Waals surface area contributed by atoms with Crippen molar-refractivity contribution in [1.29, 1.82) is 0 Å². The van der Waals surface area contributed by atoms with E-state index in [9.17, 15) is 35.1 Å². The fourth-order valence-corrected chi connectivity index (χ4v) is 7.87. The zero-order chi connectivity index (χ0) is 36.5. The molecule has 0 aliphatic carbocycles. The Labute approximate surface area is 286 Å². The predicted octanol–water partition coefficient (Wildman–Crippen LogP) is 1.77. The van der Waals surface area contributed by atoms with Crippen LogP contribution in [0.4, 0.5) is 0 Å². The summed E-state index contributed by atoms with van der Waals surface area (Å²) in [5.74, 6) is -3.29. The molecule has 0 bridgehead atoms. The molecule has 3 heterocycles. The second-order valence-electron chi connectivity index (χ2n) is 15.6. The molecule has 0 aromatic rings. The van der Waals surface area contributed by atoms with Crippen LogP contribution in [0.5, 0.6) is 0 Å². The van der Waals surface area contributed by atoms with E-state index in [1.807, 2.05) is 25.8 Å². The normalized spacial score (nSPS) is 49.5. The van der Waals surface area contributed by atoms with Gasteiger partial charge in [0.1, 0.15) is 17.8 Å². The van der Waals surface area contributed by atoms with Gasteiger partial charge < -0.3 is 54.1 Å². The molecule has 0 radical (unpaired) electrons. The van der Waals surface area contributed by atoms with Crippen molar-refractivity contribution in [2.24, 2.45) is 23.7 Å². The number of aliphatic hydroxyl groups excluding tert-OH is 3. The molecule has 17 atom stereocenters. The molecule has 0 aromatic heterocycles. The Bertz CT molecular complexity index is 1060. The summed E-state index contributed by atoms with van der Waals surface area (Å²) in [5, 5.41) is 56.6. The molecule has 0 amide bonds. The van der Waals surface area contributed by atoms with Crippen molar-refractivity contribution in [2.45, 2.75) is 174 Å². The molecular weight excluding hydrogens is 626 g/mol. The maximum atomic E-state index is 14.0. The quantitative estimate of drug-likeness (QED) is 0.264. The number of aliphatic hydroxyl groups is 5. The lowest BCUT2D eigenvalue weighted by Crippen LogP contribution is -2.59. The molecule has 3 rings (SSSR count). The molecule has 3 unspecified atom stereocenters. The lowest BCUT2D eigenvalue weighted by atomic mass is 9.77. The number of carbonyl (C=O) groups is 2. The third kappa shape index (κ3) is 9.34. The number of rotatable bonds is 5. The van der Waals surface area contributed by atoms with Crippen molar-refractivity contribution < 1.29 is 58.8 Å². The highest BCUT2D eigenvalue weighted by molar-refractivity contribution is 5.84. The number of ether oxygens (including phenoxy) is 5. The molecular formula is C35H63NO12. The highest BCUT2D eigenvalue weighted by atomic mass is 16.7. The van der Waals surface area contributed by atoms with E-state index in [-0.39, 0.29) is 31.1 Å². The second kappa shape index (κ2) is 16.4. The summed E-state index contributed by atoms with van der Waals surface area (Å²) < 4.78 is 30.8. The number of hydrogen-bond acceptors (Lipinski definition) is 13. The fraction of sp³-hybridized carbons (Fsp3) is 0.943. The van der Waals surface area contributed by atoms with Crippen LogP contribution in [0.3, 0.4) is 0 Å². The van der Waals surface area contributed by atoms with Crippen LogP contribution in [0.1, 0.15) is 94.9 Å². The first-order valence-corrected chi connectivity index (χ1v) is 17.7. The van der Waals surface area contributed by atoms with Gasteiger partial charge >= 0.3 is 5.97 Å². The molecule has 5 N–H and O–H groups in total. The molecule has 0 spiro atoms. The molecule has 280 valence electrons. The third-order valence-electron chi connectivity index (χ3n) is 10.9. The van der Waals surface area contributed by atoms with E-state index in [1.54, 1.807) is 48.5 Å². The number of ketones is 1. The minimum atomic E-state index is -1.80. The van der Waals surface area contributed by atoms with E-state index in [0.717, 1.165) is 0 Å². The summed E-state index contributed by atoms with van der Waals surface area (Å²) in [6.45, 7) is 17.7. The minimum Gasteiger partial charge on any atom is -0.459 e. The number of esters is 1. The zero-order valence-electron chi connectivity index (χ0n) is 30.7. The summed E-state index contributed by atoms with van der Waals surface area (Å²) in [7, 11) is 1.81.